The van der Waals surface area contributed by atoms with Gasteiger partial charge in [0.1, 0.15) is 0 Å². The van der Waals surface area contributed by atoms with Crippen molar-refractivity contribution in [2.24, 2.45) is 0 Å². The highest BCUT2D eigenvalue weighted by Crippen LogP contribution is 2.33. The number of esters is 1. The molecule has 5 nitrogen and oxygen atoms in total. The molecule has 0 radical (unpaired) electrons. The summed E-state index contributed by atoms with van der Waals surface area (Å²) in [5, 5.41) is -0.251. The molecule has 2 unspecified atom stereocenters. The highest BCUT2D eigenvalue weighted by molar-refractivity contribution is 8.23. The summed E-state index contributed by atoms with van der Waals surface area (Å²) < 4.78 is 11.1. The molecule has 0 bridgehead atoms. The van der Waals surface area contributed by atoms with Crippen LogP contribution < -0.4 is 0 Å². The van der Waals surface area contributed by atoms with Crippen molar-refractivity contribution in [3.05, 3.63) is 35.9 Å². The lowest BCUT2D eigenvalue weighted by Crippen LogP contribution is -2.37. The van der Waals surface area contributed by atoms with Crippen LogP contribution in [0.5, 0.6) is 0 Å². The van der Waals surface area contributed by atoms with Crippen LogP contribution in [0.1, 0.15) is 44.6 Å². The summed E-state index contributed by atoms with van der Waals surface area (Å²) in [7, 11) is 0. The second-order valence-electron chi connectivity index (χ2n) is 5.90. The first-order valence-corrected chi connectivity index (χ1v) is 10.2. The zero-order valence-corrected chi connectivity index (χ0v) is 16.8. The number of ether oxygens (including phenoxy) is 2. The second-order valence-corrected chi connectivity index (χ2v) is 7.68. The van der Waals surface area contributed by atoms with Crippen LogP contribution in [-0.2, 0) is 19.1 Å². The molecule has 0 aromatic heterocycles. The first-order chi connectivity index (χ1) is 12.6. The number of hydrogen-bond acceptors (Lipinski definition) is 6. The van der Waals surface area contributed by atoms with Gasteiger partial charge >= 0.3 is 5.97 Å². The number of likely N-dealkylation sites (tertiary alicyclic amines) is 1. The predicted octanol–water partition coefficient (Wildman–Crippen LogP) is 3.73. The lowest BCUT2D eigenvalue weighted by Gasteiger charge is -2.30. The average molecular weight is 396 g/mol. The van der Waals surface area contributed by atoms with E-state index < -0.39 is 5.92 Å². The Balaban J connectivity index is 2.24. The molecule has 1 aliphatic heterocycles. The number of thiocarbonyl (C=S) groups is 1. The summed E-state index contributed by atoms with van der Waals surface area (Å²) >= 11 is 6.61. The van der Waals surface area contributed by atoms with Crippen molar-refractivity contribution < 1.29 is 19.1 Å². The molecule has 0 spiro atoms. The topological polar surface area (TPSA) is 55.8 Å². The van der Waals surface area contributed by atoms with Crippen molar-refractivity contribution in [1.82, 2.24) is 4.90 Å². The molecule has 2 rings (SSSR count). The molecule has 0 aliphatic carbocycles. The van der Waals surface area contributed by atoms with Crippen molar-refractivity contribution >= 4 is 40.2 Å². The number of thioether (sulfide) groups is 1. The van der Waals surface area contributed by atoms with Crippen LogP contribution in [0.3, 0.4) is 0 Å². The molecular weight excluding hydrogens is 370 g/mol. The molecular formula is C19H25NO4S2. The number of benzene rings is 1. The quantitative estimate of drug-likeness (QED) is 0.494. The molecule has 0 N–H and O–H groups in total. The van der Waals surface area contributed by atoms with Crippen molar-refractivity contribution in [2.75, 3.05) is 19.8 Å². The molecule has 1 heterocycles. The summed E-state index contributed by atoms with van der Waals surface area (Å²) in [6.45, 7) is 5.14. The van der Waals surface area contributed by atoms with Crippen LogP contribution in [0.25, 0.3) is 0 Å². The fraction of sp³-hybridized carbons (Fsp3) is 0.526. The number of carbonyl (C=O) groups is 2. The van der Waals surface area contributed by atoms with Gasteiger partial charge in [-0.05, 0) is 44.5 Å². The Hall–Kier alpha value is -1.60. The smallest absolute Gasteiger partial charge is 0.313 e. The summed E-state index contributed by atoms with van der Waals surface area (Å²) in [6, 6.07) is 9.53. The summed E-state index contributed by atoms with van der Waals surface area (Å²) in [5.74, 6) is -0.637. The Kier molecular flexibility index (Phi) is 8.38. The zero-order valence-electron chi connectivity index (χ0n) is 15.2. The maximum absolute atomic E-state index is 12.6. The normalized spacial score (nSPS) is 16.2. The van der Waals surface area contributed by atoms with Gasteiger partial charge in [0.25, 0.3) is 0 Å². The summed E-state index contributed by atoms with van der Waals surface area (Å²) in [6.07, 6.45) is 1.80. The molecule has 1 aromatic rings. The van der Waals surface area contributed by atoms with Gasteiger partial charge in [0.15, 0.2) is 0 Å². The Labute approximate surface area is 164 Å². The van der Waals surface area contributed by atoms with Crippen molar-refractivity contribution in [1.29, 1.82) is 0 Å². The van der Waals surface area contributed by atoms with Crippen molar-refractivity contribution in [3.8, 4) is 0 Å². The van der Waals surface area contributed by atoms with Crippen LogP contribution in [0.2, 0.25) is 0 Å². The first kappa shape index (κ1) is 20.7. The number of nitrogens with zero attached hydrogens (tertiary/aromatic N) is 1. The van der Waals surface area contributed by atoms with Crippen molar-refractivity contribution in [3.63, 3.8) is 0 Å². The van der Waals surface area contributed by atoms with E-state index in [1.54, 1.807) is 6.92 Å². The minimum absolute atomic E-state index is 0.0949. The lowest BCUT2D eigenvalue weighted by atomic mass is 9.95. The monoisotopic (exact) mass is 395 g/mol. The van der Waals surface area contributed by atoms with Gasteiger partial charge in [-0.15, -0.1) is 0 Å². The van der Waals surface area contributed by atoms with E-state index >= 15 is 0 Å². The Morgan fingerprint density at radius 2 is 1.92 bits per heavy atom. The average Bonchev–Trinajstić information content (AvgIpc) is 3.05. The van der Waals surface area contributed by atoms with Gasteiger partial charge in [0, 0.05) is 13.0 Å². The van der Waals surface area contributed by atoms with Crippen LogP contribution in [-0.4, -0.2) is 46.3 Å². The van der Waals surface area contributed by atoms with Gasteiger partial charge in [0.2, 0.25) is 10.3 Å². The van der Waals surface area contributed by atoms with E-state index in [0.717, 1.165) is 12.0 Å². The standard InChI is InChI=1S/C19H25NO4S2/c1-3-23-18(22)15(14-9-6-5-7-10-14)13-17(26-19(25)24-4-2)20-12-8-11-16(20)21/h5-7,9-10,15,17H,3-4,8,11-13H2,1-2H3. The maximum Gasteiger partial charge on any atom is 0.313 e. The summed E-state index contributed by atoms with van der Waals surface area (Å²) in [5.41, 5.74) is 0.880. The molecule has 1 aliphatic rings. The largest absolute Gasteiger partial charge is 0.479 e. The van der Waals surface area contributed by atoms with Crippen LogP contribution >= 0.6 is 24.0 Å². The van der Waals surface area contributed by atoms with Crippen molar-refractivity contribution in [2.45, 2.75) is 44.4 Å². The van der Waals surface area contributed by atoms with Gasteiger partial charge in [0.05, 0.1) is 24.5 Å². The molecule has 1 amide bonds. The number of hydrogen-bond donors (Lipinski definition) is 0. The molecule has 0 saturated carbocycles. The molecule has 1 aromatic carbocycles. The third-order valence-electron chi connectivity index (χ3n) is 4.16. The Morgan fingerprint density at radius 3 is 2.50 bits per heavy atom. The fourth-order valence-corrected chi connectivity index (χ4v) is 4.47. The molecule has 1 saturated heterocycles. The first-order valence-electron chi connectivity index (χ1n) is 8.91. The predicted molar refractivity (Wildman–Crippen MR) is 107 cm³/mol. The third kappa shape index (κ3) is 5.71. The van der Waals surface area contributed by atoms with E-state index in [1.807, 2.05) is 42.2 Å². The molecule has 142 valence electrons. The van der Waals surface area contributed by atoms with Crippen LogP contribution in [0, 0.1) is 0 Å². The molecule has 2 atom stereocenters. The van der Waals surface area contributed by atoms with Crippen LogP contribution in [0.15, 0.2) is 30.3 Å². The lowest BCUT2D eigenvalue weighted by molar-refractivity contribution is -0.145. The number of carbonyl (C=O) groups excluding carboxylic acids is 2. The zero-order chi connectivity index (χ0) is 18.9. The molecule has 26 heavy (non-hydrogen) atoms. The van der Waals surface area contributed by atoms with E-state index in [2.05, 4.69) is 0 Å². The minimum atomic E-state index is -0.452. The Bertz CT molecular complexity index is 623. The SMILES string of the molecule is CCOC(=O)C(CC(SC(=S)OCC)N1CCCC1=O)c1ccccc1. The van der Waals surface area contributed by atoms with Gasteiger partial charge in [-0.2, -0.15) is 0 Å². The number of amides is 1. The fourth-order valence-electron chi connectivity index (χ4n) is 2.97. The maximum atomic E-state index is 12.6. The van der Waals surface area contributed by atoms with Gasteiger partial charge in [-0.1, -0.05) is 42.1 Å². The van der Waals surface area contributed by atoms with Gasteiger partial charge in [-0.3, -0.25) is 9.59 Å². The van der Waals surface area contributed by atoms with Crippen LogP contribution in [0.4, 0.5) is 0 Å². The van der Waals surface area contributed by atoms with E-state index in [4.69, 9.17) is 21.7 Å². The Morgan fingerprint density at radius 1 is 1.23 bits per heavy atom. The van der Waals surface area contributed by atoms with E-state index in [1.165, 1.54) is 11.8 Å². The molecule has 1 fully saturated rings. The van der Waals surface area contributed by atoms with E-state index in [0.29, 0.717) is 37.0 Å². The third-order valence-corrected chi connectivity index (χ3v) is 5.60. The second kappa shape index (κ2) is 10.5. The van der Waals surface area contributed by atoms with E-state index in [-0.39, 0.29) is 17.3 Å². The molecule has 7 heteroatoms. The minimum Gasteiger partial charge on any atom is -0.479 e. The van der Waals surface area contributed by atoms with Gasteiger partial charge < -0.3 is 14.4 Å². The highest BCUT2D eigenvalue weighted by atomic mass is 32.2. The van der Waals surface area contributed by atoms with E-state index in [9.17, 15) is 9.59 Å². The van der Waals surface area contributed by atoms with Gasteiger partial charge in [-0.25, -0.2) is 0 Å². The summed E-state index contributed by atoms with van der Waals surface area (Å²) in [4.78, 5) is 26.7. The number of rotatable bonds is 8. The highest BCUT2D eigenvalue weighted by Gasteiger charge is 2.34.